The number of anilines is 2. The van der Waals surface area contributed by atoms with Crippen LogP contribution in [0.2, 0.25) is 0 Å². The third kappa shape index (κ3) is 4.41. The van der Waals surface area contributed by atoms with Crippen LogP contribution in [0.3, 0.4) is 0 Å². The number of halogens is 1. The van der Waals surface area contributed by atoms with E-state index in [4.69, 9.17) is 9.97 Å². The highest BCUT2D eigenvalue weighted by molar-refractivity contribution is 6.01. The second-order valence-electron chi connectivity index (χ2n) is 11.5. The number of phenolic OH excluding ortho intramolecular Hbond substituents is 1. The van der Waals surface area contributed by atoms with Gasteiger partial charge in [0, 0.05) is 48.2 Å². The Balaban J connectivity index is 1.50. The number of likely N-dealkylation sites (N-methyl/N-ethyl adjacent to an activating group) is 1. The molecule has 0 saturated carbocycles. The van der Waals surface area contributed by atoms with Gasteiger partial charge in [0.05, 0.1) is 0 Å². The zero-order valence-electron chi connectivity index (χ0n) is 22.4. The third-order valence-corrected chi connectivity index (χ3v) is 8.33. The molecule has 2 atom stereocenters. The number of nitrogens with one attached hydrogen (secondary N) is 2. The van der Waals surface area contributed by atoms with Crippen LogP contribution in [0.5, 0.6) is 5.75 Å². The average molecular weight is 515 g/mol. The van der Waals surface area contributed by atoms with Crippen molar-refractivity contribution in [2.75, 3.05) is 43.9 Å². The number of aromatic nitrogens is 2. The van der Waals surface area contributed by atoms with Crippen molar-refractivity contribution in [2.45, 2.75) is 44.3 Å². The predicted octanol–water partition coefficient (Wildman–Crippen LogP) is 4.99. The number of hydrogen-bond acceptors (Lipinski definition) is 7. The van der Waals surface area contributed by atoms with Gasteiger partial charge in [0.25, 0.3) is 0 Å². The summed E-state index contributed by atoms with van der Waals surface area (Å²) in [7, 11) is 4.08. The van der Waals surface area contributed by atoms with Gasteiger partial charge in [-0.2, -0.15) is 4.98 Å². The number of phenols is 1. The molecule has 0 amide bonds. The van der Waals surface area contributed by atoms with E-state index in [1.807, 2.05) is 44.4 Å². The van der Waals surface area contributed by atoms with Crippen LogP contribution in [0.4, 0.5) is 16.2 Å². The smallest absolute Gasteiger partial charge is 0.225 e. The Morgan fingerprint density at radius 3 is 2.50 bits per heavy atom. The minimum atomic E-state index is -0.407. The standard InChI is InChI=1S/C30H35FN6O/c1-30(2,36(3)4)17-32-29-34-27-24(28(35-29)37-15-19-9-10-20(16-37)33-19)12-11-23(26(27)31)25-14-21(38)13-18-7-5-6-8-22(18)25/h5-8,11-14,19-20,33,38H,9-10,15-17H2,1-4H3,(H,32,34,35)/t19-,20+. The summed E-state index contributed by atoms with van der Waals surface area (Å²) in [6, 6.07) is 15.6. The number of benzene rings is 3. The molecule has 8 heteroatoms. The molecule has 3 heterocycles. The molecule has 198 valence electrons. The highest BCUT2D eigenvalue weighted by atomic mass is 19.1. The van der Waals surface area contributed by atoms with E-state index in [0.29, 0.717) is 41.1 Å². The van der Waals surface area contributed by atoms with Crippen LogP contribution in [-0.2, 0) is 0 Å². The van der Waals surface area contributed by atoms with Gasteiger partial charge in [-0.1, -0.05) is 30.3 Å². The van der Waals surface area contributed by atoms with Gasteiger partial charge in [-0.3, -0.25) is 0 Å². The van der Waals surface area contributed by atoms with Crippen molar-refractivity contribution < 1.29 is 9.50 Å². The highest BCUT2D eigenvalue weighted by Crippen LogP contribution is 2.38. The van der Waals surface area contributed by atoms with Crippen LogP contribution < -0.4 is 15.5 Å². The van der Waals surface area contributed by atoms with Crippen molar-refractivity contribution in [3.63, 3.8) is 0 Å². The van der Waals surface area contributed by atoms with Crippen LogP contribution in [0, 0.1) is 5.82 Å². The van der Waals surface area contributed by atoms with E-state index in [0.717, 1.165) is 42.5 Å². The fraction of sp³-hybridized carbons (Fsp3) is 0.400. The first-order valence-electron chi connectivity index (χ1n) is 13.3. The molecule has 7 nitrogen and oxygen atoms in total. The summed E-state index contributed by atoms with van der Waals surface area (Å²) >= 11 is 0. The Hall–Kier alpha value is -3.49. The summed E-state index contributed by atoms with van der Waals surface area (Å²) < 4.78 is 16.5. The Bertz CT molecular complexity index is 1510. The maximum absolute atomic E-state index is 16.5. The van der Waals surface area contributed by atoms with Gasteiger partial charge in [-0.15, -0.1) is 0 Å². The van der Waals surface area contributed by atoms with Gasteiger partial charge < -0.3 is 25.5 Å². The normalized spacial score (nSPS) is 19.6. The first-order chi connectivity index (χ1) is 18.2. The summed E-state index contributed by atoms with van der Waals surface area (Å²) in [6.45, 7) is 6.57. The number of aromatic hydroxyl groups is 1. The molecule has 3 aromatic carbocycles. The maximum atomic E-state index is 16.5. The number of nitrogens with zero attached hydrogens (tertiary/aromatic N) is 4. The third-order valence-electron chi connectivity index (χ3n) is 8.33. The molecular formula is C30H35FN6O. The van der Waals surface area contributed by atoms with E-state index < -0.39 is 5.82 Å². The molecule has 1 aromatic heterocycles. The molecule has 2 saturated heterocycles. The van der Waals surface area contributed by atoms with Gasteiger partial charge in [0.1, 0.15) is 17.1 Å². The fourth-order valence-corrected chi connectivity index (χ4v) is 5.61. The molecule has 38 heavy (non-hydrogen) atoms. The minimum Gasteiger partial charge on any atom is -0.508 e. The summed E-state index contributed by atoms with van der Waals surface area (Å²) in [5.74, 6) is 0.885. The molecule has 0 aliphatic carbocycles. The summed E-state index contributed by atoms with van der Waals surface area (Å²) in [4.78, 5) is 14.1. The van der Waals surface area contributed by atoms with E-state index in [2.05, 4.69) is 34.3 Å². The highest BCUT2D eigenvalue weighted by Gasteiger charge is 2.34. The molecule has 2 aliphatic heterocycles. The fourth-order valence-electron chi connectivity index (χ4n) is 5.61. The molecule has 0 unspecified atom stereocenters. The van der Waals surface area contributed by atoms with Gasteiger partial charge >= 0.3 is 0 Å². The number of fused-ring (bicyclic) bond motifs is 4. The zero-order valence-corrected chi connectivity index (χ0v) is 22.4. The largest absolute Gasteiger partial charge is 0.508 e. The van der Waals surface area contributed by atoms with Crippen LogP contribution >= 0.6 is 0 Å². The Kier molecular flexibility index (Phi) is 6.12. The maximum Gasteiger partial charge on any atom is 0.225 e. The Labute approximate surface area is 222 Å². The Morgan fingerprint density at radius 2 is 1.76 bits per heavy atom. The van der Waals surface area contributed by atoms with Gasteiger partial charge in [-0.25, -0.2) is 9.37 Å². The van der Waals surface area contributed by atoms with Gasteiger partial charge in [0.15, 0.2) is 5.82 Å². The second kappa shape index (κ2) is 9.36. The number of piperazine rings is 1. The average Bonchev–Trinajstić information content (AvgIpc) is 3.24. The predicted molar refractivity (Wildman–Crippen MR) is 153 cm³/mol. The van der Waals surface area contributed by atoms with Crippen molar-refractivity contribution in [2.24, 2.45) is 0 Å². The molecule has 2 fully saturated rings. The topological polar surface area (TPSA) is 76.5 Å². The van der Waals surface area contributed by atoms with E-state index >= 15 is 4.39 Å². The summed E-state index contributed by atoms with van der Waals surface area (Å²) in [5, 5.41) is 19.9. The zero-order chi connectivity index (χ0) is 26.6. The van der Waals surface area contributed by atoms with Crippen LogP contribution in [0.15, 0.2) is 48.5 Å². The second-order valence-corrected chi connectivity index (χ2v) is 11.5. The molecule has 0 spiro atoms. The van der Waals surface area contributed by atoms with E-state index in [9.17, 15) is 5.11 Å². The lowest BCUT2D eigenvalue weighted by molar-refractivity contribution is 0.210. The summed E-state index contributed by atoms with van der Waals surface area (Å²) in [5.41, 5.74) is 1.20. The first kappa shape index (κ1) is 24.8. The van der Waals surface area contributed by atoms with Crippen molar-refractivity contribution in [1.29, 1.82) is 0 Å². The van der Waals surface area contributed by atoms with Crippen molar-refractivity contribution >= 4 is 33.4 Å². The Morgan fingerprint density at radius 1 is 1.03 bits per heavy atom. The van der Waals surface area contributed by atoms with Crippen molar-refractivity contribution in [3.8, 4) is 16.9 Å². The van der Waals surface area contributed by atoms with Crippen LogP contribution in [0.1, 0.15) is 26.7 Å². The van der Waals surface area contributed by atoms with Gasteiger partial charge in [0.2, 0.25) is 5.95 Å². The molecule has 2 bridgehead atoms. The number of rotatable bonds is 6. The van der Waals surface area contributed by atoms with Crippen LogP contribution in [-0.4, -0.2) is 71.3 Å². The van der Waals surface area contributed by atoms with Crippen molar-refractivity contribution in [3.05, 3.63) is 54.3 Å². The molecular weight excluding hydrogens is 479 g/mol. The lowest BCUT2D eigenvalue weighted by atomic mass is 9.96. The van der Waals surface area contributed by atoms with Gasteiger partial charge in [-0.05, 0) is 75.3 Å². The first-order valence-corrected chi connectivity index (χ1v) is 13.3. The molecule has 3 N–H and O–H groups in total. The quantitative estimate of drug-likeness (QED) is 0.335. The lowest BCUT2D eigenvalue weighted by Gasteiger charge is -2.35. The molecule has 6 rings (SSSR count). The lowest BCUT2D eigenvalue weighted by Crippen LogP contribution is -2.51. The van der Waals surface area contributed by atoms with E-state index in [-0.39, 0.29) is 16.8 Å². The molecule has 4 aromatic rings. The SMILES string of the molecule is CN(C)C(C)(C)CNc1nc(N2C[C@H]3CC[C@@H](C2)N3)c2ccc(-c3cc(O)cc4ccccc34)c(F)c2n1. The van der Waals surface area contributed by atoms with E-state index in [1.165, 1.54) is 0 Å². The van der Waals surface area contributed by atoms with E-state index in [1.54, 1.807) is 18.2 Å². The monoisotopic (exact) mass is 514 g/mol. The van der Waals surface area contributed by atoms with Crippen LogP contribution in [0.25, 0.3) is 32.8 Å². The minimum absolute atomic E-state index is 0.103. The molecule has 0 radical (unpaired) electrons. The molecule has 2 aliphatic rings. The number of hydrogen-bond donors (Lipinski definition) is 3. The van der Waals surface area contributed by atoms with Crippen molar-refractivity contribution in [1.82, 2.24) is 20.2 Å². The summed E-state index contributed by atoms with van der Waals surface area (Å²) in [6.07, 6.45) is 2.30.